The van der Waals surface area contributed by atoms with Crippen molar-refractivity contribution in [3.63, 3.8) is 0 Å². The molecule has 0 aliphatic carbocycles. The molecule has 0 bridgehead atoms. The SMILES string of the molecule is COc1cc(Br)ccc1CN1CCN(C)C(C)C1. The molecule has 0 N–H and O–H groups in total. The molecule has 1 aromatic rings. The third kappa shape index (κ3) is 3.25. The molecule has 1 aliphatic heterocycles. The minimum absolute atomic E-state index is 0.625. The van der Waals surface area contributed by atoms with Crippen LogP contribution >= 0.6 is 15.9 Å². The Morgan fingerprint density at radius 2 is 2.17 bits per heavy atom. The second-order valence-corrected chi connectivity index (χ2v) is 5.94. The molecule has 1 saturated heterocycles. The van der Waals surface area contributed by atoms with Gasteiger partial charge >= 0.3 is 0 Å². The van der Waals surface area contributed by atoms with Crippen LogP contribution in [0.3, 0.4) is 0 Å². The number of hydrogen-bond donors (Lipinski definition) is 0. The van der Waals surface area contributed by atoms with Crippen molar-refractivity contribution in [2.45, 2.75) is 19.5 Å². The van der Waals surface area contributed by atoms with Gasteiger partial charge in [0.05, 0.1) is 7.11 Å². The Morgan fingerprint density at radius 1 is 1.39 bits per heavy atom. The lowest BCUT2D eigenvalue weighted by molar-refractivity contribution is 0.0993. The predicted molar refractivity (Wildman–Crippen MR) is 78.1 cm³/mol. The summed E-state index contributed by atoms with van der Waals surface area (Å²) < 4.78 is 6.51. The second kappa shape index (κ2) is 6.04. The Morgan fingerprint density at radius 3 is 2.83 bits per heavy atom. The van der Waals surface area contributed by atoms with E-state index in [0.29, 0.717) is 6.04 Å². The van der Waals surface area contributed by atoms with Crippen LogP contribution in [0.5, 0.6) is 5.75 Å². The summed E-state index contributed by atoms with van der Waals surface area (Å²) in [4.78, 5) is 4.91. The number of rotatable bonds is 3. The fourth-order valence-corrected chi connectivity index (χ4v) is 2.70. The molecule has 18 heavy (non-hydrogen) atoms. The molecule has 100 valence electrons. The summed E-state index contributed by atoms with van der Waals surface area (Å²) >= 11 is 3.48. The van der Waals surface area contributed by atoms with E-state index in [1.807, 2.05) is 6.07 Å². The number of hydrogen-bond acceptors (Lipinski definition) is 3. The Kier molecular flexibility index (Phi) is 4.65. The molecule has 2 rings (SSSR count). The van der Waals surface area contributed by atoms with Crippen LogP contribution in [0.15, 0.2) is 22.7 Å². The summed E-state index contributed by atoms with van der Waals surface area (Å²) in [6.45, 7) is 6.63. The van der Waals surface area contributed by atoms with Crippen LogP contribution in [0.4, 0.5) is 0 Å². The molecule has 1 fully saturated rings. The van der Waals surface area contributed by atoms with Crippen LogP contribution in [0.1, 0.15) is 12.5 Å². The van der Waals surface area contributed by atoms with Gasteiger partial charge in [0.1, 0.15) is 5.75 Å². The minimum Gasteiger partial charge on any atom is -0.496 e. The maximum Gasteiger partial charge on any atom is 0.124 e. The highest BCUT2D eigenvalue weighted by Crippen LogP contribution is 2.25. The van der Waals surface area contributed by atoms with Gasteiger partial charge < -0.3 is 9.64 Å². The van der Waals surface area contributed by atoms with Crippen molar-refractivity contribution >= 4 is 15.9 Å². The lowest BCUT2D eigenvalue weighted by atomic mass is 10.1. The molecule has 0 spiro atoms. The van der Waals surface area contributed by atoms with Gasteiger partial charge in [0.15, 0.2) is 0 Å². The van der Waals surface area contributed by atoms with Gasteiger partial charge in [0.25, 0.3) is 0 Å². The largest absolute Gasteiger partial charge is 0.496 e. The molecule has 1 unspecified atom stereocenters. The van der Waals surface area contributed by atoms with Crippen molar-refractivity contribution in [2.24, 2.45) is 0 Å². The van der Waals surface area contributed by atoms with Gasteiger partial charge in [0.2, 0.25) is 0 Å². The van der Waals surface area contributed by atoms with E-state index in [1.165, 1.54) is 5.56 Å². The fraction of sp³-hybridized carbons (Fsp3) is 0.571. The smallest absolute Gasteiger partial charge is 0.124 e. The second-order valence-electron chi connectivity index (χ2n) is 5.02. The maximum absolute atomic E-state index is 5.45. The fourth-order valence-electron chi connectivity index (χ4n) is 2.36. The van der Waals surface area contributed by atoms with Gasteiger partial charge in [0, 0.05) is 42.3 Å². The molecule has 3 nitrogen and oxygen atoms in total. The highest BCUT2D eigenvalue weighted by Gasteiger charge is 2.21. The Balaban J connectivity index is 2.05. The predicted octanol–water partition coefficient (Wildman–Crippen LogP) is 2.59. The van der Waals surface area contributed by atoms with E-state index in [9.17, 15) is 0 Å². The molecule has 0 radical (unpaired) electrons. The highest BCUT2D eigenvalue weighted by molar-refractivity contribution is 9.10. The van der Waals surface area contributed by atoms with Crippen molar-refractivity contribution in [3.8, 4) is 5.75 Å². The first-order valence-corrected chi connectivity index (χ1v) is 7.14. The van der Waals surface area contributed by atoms with E-state index >= 15 is 0 Å². The van der Waals surface area contributed by atoms with Gasteiger partial charge in [-0.1, -0.05) is 22.0 Å². The van der Waals surface area contributed by atoms with Crippen molar-refractivity contribution in [3.05, 3.63) is 28.2 Å². The van der Waals surface area contributed by atoms with Crippen LogP contribution in [0, 0.1) is 0 Å². The summed E-state index contributed by atoms with van der Waals surface area (Å²) in [5.74, 6) is 0.968. The first-order valence-electron chi connectivity index (χ1n) is 6.35. The summed E-state index contributed by atoms with van der Waals surface area (Å²) in [5.41, 5.74) is 1.26. The van der Waals surface area contributed by atoms with Gasteiger partial charge in [-0.05, 0) is 26.1 Å². The van der Waals surface area contributed by atoms with Crippen LogP contribution in [0.25, 0.3) is 0 Å². The monoisotopic (exact) mass is 312 g/mol. The maximum atomic E-state index is 5.45. The quantitative estimate of drug-likeness (QED) is 0.853. The third-order valence-electron chi connectivity index (χ3n) is 3.69. The van der Waals surface area contributed by atoms with Crippen molar-refractivity contribution in [1.82, 2.24) is 9.80 Å². The topological polar surface area (TPSA) is 15.7 Å². The molecular formula is C14H21BrN2O. The average Bonchev–Trinajstić information content (AvgIpc) is 2.36. The first kappa shape index (κ1) is 13.8. The molecule has 0 aromatic heterocycles. The molecule has 1 atom stereocenters. The van der Waals surface area contributed by atoms with E-state index in [-0.39, 0.29) is 0 Å². The molecule has 4 heteroatoms. The highest BCUT2D eigenvalue weighted by atomic mass is 79.9. The average molecular weight is 313 g/mol. The number of nitrogens with zero attached hydrogens (tertiary/aromatic N) is 2. The number of halogens is 1. The third-order valence-corrected chi connectivity index (χ3v) is 4.18. The van der Waals surface area contributed by atoms with Gasteiger partial charge in [-0.25, -0.2) is 0 Å². The summed E-state index contributed by atoms with van der Waals surface area (Å²) in [5, 5.41) is 0. The molecule has 1 aromatic carbocycles. The van der Waals surface area contributed by atoms with E-state index < -0.39 is 0 Å². The Bertz CT molecular complexity index is 411. The summed E-state index contributed by atoms with van der Waals surface area (Å²) in [7, 11) is 3.93. The number of likely N-dealkylation sites (N-methyl/N-ethyl adjacent to an activating group) is 1. The van der Waals surface area contributed by atoms with E-state index in [2.05, 4.69) is 51.8 Å². The van der Waals surface area contributed by atoms with Crippen molar-refractivity contribution in [1.29, 1.82) is 0 Å². The molecule has 1 heterocycles. The van der Waals surface area contributed by atoms with Crippen molar-refractivity contribution < 1.29 is 4.74 Å². The lowest BCUT2D eigenvalue weighted by Crippen LogP contribution is -2.49. The molecule has 0 amide bonds. The van der Waals surface area contributed by atoms with Gasteiger partial charge in [-0.3, -0.25) is 4.90 Å². The van der Waals surface area contributed by atoms with Crippen LogP contribution < -0.4 is 4.74 Å². The van der Waals surface area contributed by atoms with Gasteiger partial charge in [-0.2, -0.15) is 0 Å². The van der Waals surface area contributed by atoms with Gasteiger partial charge in [-0.15, -0.1) is 0 Å². The lowest BCUT2D eigenvalue weighted by Gasteiger charge is -2.37. The minimum atomic E-state index is 0.625. The summed E-state index contributed by atoms with van der Waals surface area (Å²) in [6, 6.07) is 6.89. The standard InChI is InChI=1S/C14H21BrN2O/c1-11-9-17(7-6-16(11)2)10-12-4-5-13(15)8-14(12)18-3/h4-5,8,11H,6-7,9-10H2,1-3H3. The number of piperazine rings is 1. The Hall–Kier alpha value is -0.580. The first-order chi connectivity index (χ1) is 8.60. The number of methoxy groups -OCH3 is 1. The van der Waals surface area contributed by atoms with Crippen molar-refractivity contribution in [2.75, 3.05) is 33.8 Å². The zero-order valence-corrected chi connectivity index (χ0v) is 12.9. The molecule has 1 aliphatic rings. The van der Waals surface area contributed by atoms with E-state index in [1.54, 1.807) is 7.11 Å². The van der Waals surface area contributed by atoms with Crippen LogP contribution in [0.2, 0.25) is 0 Å². The van der Waals surface area contributed by atoms with E-state index in [4.69, 9.17) is 4.74 Å². The molecular weight excluding hydrogens is 292 g/mol. The molecule has 0 saturated carbocycles. The normalized spacial score (nSPS) is 22.1. The van der Waals surface area contributed by atoms with Crippen LogP contribution in [-0.4, -0.2) is 49.6 Å². The summed E-state index contributed by atoms with van der Waals surface area (Å²) in [6.07, 6.45) is 0. The zero-order valence-electron chi connectivity index (χ0n) is 11.3. The zero-order chi connectivity index (χ0) is 13.1. The Labute approximate surface area is 118 Å². The number of benzene rings is 1. The number of ether oxygens (including phenoxy) is 1. The van der Waals surface area contributed by atoms with Crippen LogP contribution in [-0.2, 0) is 6.54 Å². The van der Waals surface area contributed by atoms with E-state index in [0.717, 1.165) is 36.4 Å².